The third-order valence-electron chi connectivity index (χ3n) is 2.77. The Morgan fingerprint density at radius 2 is 2.11 bits per heavy atom. The standard InChI is InChI=1S/C14H16ClN3/c1-2-17-13(14-10-16-7-8-18-14)9-11-5-3-4-6-12(11)15/h3-8,10,13,17H,2,9H2,1H3. The zero-order valence-electron chi connectivity index (χ0n) is 10.3. The second kappa shape index (κ2) is 6.47. The number of hydrogen-bond donors (Lipinski definition) is 1. The van der Waals surface area contributed by atoms with Gasteiger partial charge in [0.05, 0.1) is 11.7 Å². The summed E-state index contributed by atoms with van der Waals surface area (Å²) in [4.78, 5) is 8.47. The lowest BCUT2D eigenvalue weighted by Crippen LogP contribution is -2.24. The summed E-state index contributed by atoms with van der Waals surface area (Å²) in [5.41, 5.74) is 2.06. The minimum Gasteiger partial charge on any atom is -0.309 e. The smallest absolute Gasteiger partial charge is 0.0759 e. The first-order valence-corrected chi connectivity index (χ1v) is 6.41. The molecule has 0 aliphatic rings. The van der Waals surface area contributed by atoms with Crippen LogP contribution in [0.4, 0.5) is 0 Å². The molecule has 0 aliphatic carbocycles. The molecule has 1 aromatic heterocycles. The van der Waals surface area contributed by atoms with Gasteiger partial charge in [0.15, 0.2) is 0 Å². The molecule has 2 rings (SSSR count). The zero-order valence-corrected chi connectivity index (χ0v) is 11.1. The zero-order chi connectivity index (χ0) is 12.8. The van der Waals surface area contributed by atoms with Crippen molar-refractivity contribution in [3.63, 3.8) is 0 Å². The molecule has 4 heteroatoms. The molecule has 94 valence electrons. The molecule has 2 aromatic rings. The van der Waals surface area contributed by atoms with Gasteiger partial charge in [-0.1, -0.05) is 36.7 Å². The number of benzene rings is 1. The van der Waals surface area contributed by atoms with Crippen LogP contribution in [0.2, 0.25) is 5.02 Å². The summed E-state index contributed by atoms with van der Waals surface area (Å²) in [6.07, 6.45) is 6.00. The lowest BCUT2D eigenvalue weighted by Gasteiger charge is -2.17. The monoisotopic (exact) mass is 261 g/mol. The van der Waals surface area contributed by atoms with Gasteiger partial charge >= 0.3 is 0 Å². The van der Waals surface area contributed by atoms with Gasteiger partial charge in [0.1, 0.15) is 0 Å². The van der Waals surface area contributed by atoms with E-state index in [9.17, 15) is 0 Å². The van der Waals surface area contributed by atoms with Crippen molar-refractivity contribution in [2.24, 2.45) is 0 Å². The van der Waals surface area contributed by atoms with E-state index >= 15 is 0 Å². The SMILES string of the molecule is CCNC(Cc1ccccc1Cl)c1cnccn1. The maximum atomic E-state index is 6.19. The van der Waals surface area contributed by atoms with Gasteiger partial charge in [0.2, 0.25) is 0 Å². The minimum atomic E-state index is 0.142. The van der Waals surface area contributed by atoms with Crippen molar-refractivity contribution in [3.8, 4) is 0 Å². The van der Waals surface area contributed by atoms with Crippen molar-refractivity contribution >= 4 is 11.6 Å². The average molecular weight is 262 g/mol. The largest absolute Gasteiger partial charge is 0.309 e. The van der Waals surface area contributed by atoms with Crippen molar-refractivity contribution in [3.05, 3.63) is 59.1 Å². The summed E-state index contributed by atoms with van der Waals surface area (Å²) in [5.74, 6) is 0. The van der Waals surface area contributed by atoms with Crippen LogP contribution >= 0.6 is 11.6 Å². The first kappa shape index (κ1) is 13.0. The van der Waals surface area contributed by atoms with Crippen molar-refractivity contribution < 1.29 is 0 Å². The number of halogens is 1. The maximum absolute atomic E-state index is 6.19. The van der Waals surface area contributed by atoms with E-state index in [1.807, 2.05) is 24.3 Å². The van der Waals surface area contributed by atoms with Gasteiger partial charge in [-0.3, -0.25) is 9.97 Å². The van der Waals surface area contributed by atoms with Crippen LogP contribution in [0.1, 0.15) is 24.2 Å². The topological polar surface area (TPSA) is 37.8 Å². The van der Waals surface area contributed by atoms with E-state index in [2.05, 4.69) is 22.2 Å². The van der Waals surface area contributed by atoms with Crippen LogP contribution in [0.25, 0.3) is 0 Å². The fourth-order valence-corrected chi connectivity index (χ4v) is 2.12. The Kier molecular flexibility index (Phi) is 4.67. The highest BCUT2D eigenvalue weighted by Crippen LogP contribution is 2.21. The molecule has 0 saturated carbocycles. The van der Waals surface area contributed by atoms with Gasteiger partial charge in [-0.05, 0) is 24.6 Å². The van der Waals surface area contributed by atoms with Gasteiger partial charge in [-0.25, -0.2) is 0 Å². The summed E-state index contributed by atoms with van der Waals surface area (Å²) in [6, 6.07) is 8.04. The van der Waals surface area contributed by atoms with E-state index in [1.54, 1.807) is 18.6 Å². The Bertz CT molecular complexity index is 487. The van der Waals surface area contributed by atoms with E-state index in [-0.39, 0.29) is 6.04 Å². The Labute approximate surface area is 112 Å². The van der Waals surface area contributed by atoms with Crippen LogP contribution in [-0.4, -0.2) is 16.5 Å². The van der Waals surface area contributed by atoms with Crippen LogP contribution in [0.3, 0.4) is 0 Å². The summed E-state index contributed by atoms with van der Waals surface area (Å²) in [6.45, 7) is 2.96. The lowest BCUT2D eigenvalue weighted by molar-refractivity contribution is 0.534. The van der Waals surface area contributed by atoms with Crippen LogP contribution in [0.15, 0.2) is 42.9 Å². The number of rotatable bonds is 5. The number of nitrogens with one attached hydrogen (secondary N) is 1. The quantitative estimate of drug-likeness (QED) is 0.899. The molecule has 1 heterocycles. The van der Waals surface area contributed by atoms with E-state index in [0.717, 1.165) is 29.2 Å². The van der Waals surface area contributed by atoms with E-state index in [0.29, 0.717) is 0 Å². The molecular weight excluding hydrogens is 246 g/mol. The molecule has 0 amide bonds. The third-order valence-corrected chi connectivity index (χ3v) is 3.14. The number of aromatic nitrogens is 2. The molecule has 1 aromatic carbocycles. The molecule has 0 spiro atoms. The molecule has 1 atom stereocenters. The Balaban J connectivity index is 2.19. The van der Waals surface area contributed by atoms with Gasteiger partial charge < -0.3 is 5.32 Å². The lowest BCUT2D eigenvalue weighted by atomic mass is 10.0. The fraction of sp³-hybridized carbons (Fsp3) is 0.286. The van der Waals surface area contributed by atoms with Gasteiger partial charge in [0.25, 0.3) is 0 Å². The molecule has 1 unspecified atom stereocenters. The molecule has 0 radical (unpaired) electrons. The van der Waals surface area contributed by atoms with Crippen molar-refractivity contribution in [2.75, 3.05) is 6.54 Å². The average Bonchev–Trinajstić information content (AvgIpc) is 2.42. The summed E-state index contributed by atoms with van der Waals surface area (Å²) in [7, 11) is 0. The number of hydrogen-bond acceptors (Lipinski definition) is 3. The first-order valence-electron chi connectivity index (χ1n) is 6.04. The summed E-state index contributed by atoms with van der Waals surface area (Å²) >= 11 is 6.19. The normalized spacial score (nSPS) is 12.3. The van der Waals surface area contributed by atoms with Crippen molar-refractivity contribution in [2.45, 2.75) is 19.4 Å². The highest BCUT2D eigenvalue weighted by molar-refractivity contribution is 6.31. The fourth-order valence-electron chi connectivity index (χ4n) is 1.90. The second-order valence-corrected chi connectivity index (χ2v) is 4.44. The Morgan fingerprint density at radius 1 is 1.28 bits per heavy atom. The Morgan fingerprint density at radius 3 is 2.78 bits per heavy atom. The van der Waals surface area contributed by atoms with Crippen molar-refractivity contribution in [1.29, 1.82) is 0 Å². The van der Waals surface area contributed by atoms with E-state index in [1.165, 1.54) is 0 Å². The second-order valence-electron chi connectivity index (χ2n) is 4.04. The minimum absolute atomic E-state index is 0.142. The van der Waals surface area contributed by atoms with Crippen molar-refractivity contribution in [1.82, 2.24) is 15.3 Å². The van der Waals surface area contributed by atoms with E-state index in [4.69, 9.17) is 11.6 Å². The van der Waals surface area contributed by atoms with Crippen LogP contribution in [-0.2, 0) is 6.42 Å². The van der Waals surface area contributed by atoms with Gasteiger partial charge in [-0.2, -0.15) is 0 Å². The highest BCUT2D eigenvalue weighted by Gasteiger charge is 2.13. The summed E-state index contributed by atoms with van der Waals surface area (Å²) < 4.78 is 0. The highest BCUT2D eigenvalue weighted by atomic mass is 35.5. The molecule has 1 N–H and O–H groups in total. The Hall–Kier alpha value is -1.45. The van der Waals surface area contributed by atoms with Crippen LogP contribution in [0.5, 0.6) is 0 Å². The predicted molar refractivity (Wildman–Crippen MR) is 73.6 cm³/mol. The van der Waals surface area contributed by atoms with Gasteiger partial charge in [-0.15, -0.1) is 0 Å². The molecule has 0 fully saturated rings. The third kappa shape index (κ3) is 3.28. The van der Waals surface area contributed by atoms with Crippen LogP contribution < -0.4 is 5.32 Å². The van der Waals surface area contributed by atoms with Crippen LogP contribution in [0, 0.1) is 0 Å². The molecule has 0 saturated heterocycles. The predicted octanol–water partition coefficient (Wildman–Crippen LogP) is 3.02. The maximum Gasteiger partial charge on any atom is 0.0759 e. The molecule has 0 aliphatic heterocycles. The molecule has 3 nitrogen and oxygen atoms in total. The molecule has 18 heavy (non-hydrogen) atoms. The van der Waals surface area contributed by atoms with E-state index < -0.39 is 0 Å². The first-order chi connectivity index (χ1) is 8.81. The number of likely N-dealkylation sites (N-methyl/N-ethyl adjacent to an activating group) is 1. The number of nitrogens with zero attached hydrogens (tertiary/aromatic N) is 2. The molecular formula is C14H16ClN3. The van der Waals surface area contributed by atoms with Gasteiger partial charge in [0, 0.05) is 23.6 Å². The molecule has 0 bridgehead atoms. The summed E-state index contributed by atoms with van der Waals surface area (Å²) in [5, 5.41) is 4.21.